The zero-order chi connectivity index (χ0) is 18.9. The molecule has 0 spiro atoms. The molecule has 142 valence electrons. The van der Waals surface area contributed by atoms with Crippen molar-refractivity contribution >= 4 is 12.0 Å². The highest BCUT2D eigenvalue weighted by Crippen LogP contribution is 2.17. The van der Waals surface area contributed by atoms with E-state index in [2.05, 4.69) is 10.3 Å². The van der Waals surface area contributed by atoms with Gasteiger partial charge in [-0.2, -0.15) is 0 Å². The number of pyridine rings is 1. The minimum atomic E-state index is -0.603. The van der Waals surface area contributed by atoms with Gasteiger partial charge in [-0.15, -0.1) is 0 Å². The van der Waals surface area contributed by atoms with Crippen molar-refractivity contribution in [1.29, 1.82) is 0 Å². The summed E-state index contributed by atoms with van der Waals surface area (Å²) in [4.78, 5) is 29.8. The lowest BCUT2D eigenvalue weighted by molar-refractivity contribution is -0.132. The zero-order valence-electron chi connectivity index (χ0n) is 15.0. The molecule has 1 fully saturated rings. The van der Waals surface area contributed by atoms with Crippen molar-refractivity contribution in [2.75, 3.05) is 19.6 Å². The van der Waals surface area contributed by atoms with Crippen LogP contribution in [0.4, 0.5) is 4.79 Å². The Hall–Kier alpha value is -3.09. The second kappa shape index (κ2) is 9.56. The molecule has 3 rings (SSSR count). The van der Waals surface area contributed by atoms with Crippen LogP contribution in [0.3, 0.4) is 0 Å². The molecule has 0 saturated carbocycles. The first-order chi connectivity index (χ1) is 13.2. The number of hydrogen-bond acceptors (Lipinski definition) is 5. The highest BCUT2D eigenvalue weighted by molar-refractivity contribution is 5.82. The molecule has 0 bridgehead atoms. The van der Waals surface area contributed by atoms with Crippen LogP contribution in [0.15, 0.2) is 54.9 Å². The van der Waals surface area contributed by atoms with Gasteiger partial charge in [0.1, 0.15) is 25.0 Å². The van der Waals surface area contributed by atoms with Gasteiger partial charge in [-0.05, 0) is 30.5 Å². The number of carbonyl (C=O) groups is 2. The van der Waals surface area contributed by atoms with Gasteiger partial charge in [0.25, 0.3) is 0 Å². The van der Waals surface area contributed by atoms with Gasteiger partial charge < -0.3 is 19.7 Å². The number of aromatic nitrogens is 1. The molecule has 0 aliphatic carbocycles. The number of amides is 2. The smallest absolute Gasteiger partial charge is 0.407 e. The number of likely N-dealkylation sites (tertiary alicyclic amines) is 1. The van der Waals surface area contributed by atoms with E-state index >= 15 is 0 Å². The molecule has 7 nitrogen and oxygen atoms in total. The van der Waals surface area contributed by atoms with Crippen LogP contribution in [0.25, 0.3) is 0 Å². The number of carbonyl (C=O) groups excluding carboxylic acids is 2. The number of hydrogen-bond donors (Lipinski definition) is 1. The summed E-state index contributed by atoms with van der Waals surface area (Å²) >= 11 is 0. The fourth-order valence-electron chi connectivity index (χ4n) is 2.90. The predicted octanol–water partition coefficient (Wildman–Crippen LogP) is 2.38. The number of alkyl carbamates (subject to hydrolysis) is 1. The maximum Gasteiger partial charge on any atom is 0.407 e. The van der Waals surface area contributed by atoms with Crippen molar-refractivity contribution in [2.24, 2.45) is 0 Å². The minimum absolute atomic E-state index is 0.0601. The largest absolute Gasteiger partial charge is 0.488 e. The van der Waals surface area contributed by atoms with Crippen LogP contribution >= 0.6 is 0 Å². The van der Waals surface area contributed by atoms with E-state index in [1.807, 2.05) is 30.3 Å². The van der Waals surface area contributed by atoms with Crippen molar-refractivity contribution in [2.45, 2.75) is 25.6 Å². The van der Waals surface area contributed by atoms with E-state index < -0.39 is 6.09 Å². The average molecular weight is 369 g/mol. The first-order valence-corrected chi connectivity index (χ1v) is 9.00. The van der Waals surface area contributed by atoms with Gasteiger partial charge >= 0.3 is 6.09 Å². The van der Waals surface area contributed by atoms with Crippen LogP contribution < -0.4 is 10.1 Å². The average Bonchev–Trinajstić information content (AvgIpc) is 2.72. The highest BCUT2D eigenvalue weighted by atomic mass is 16.5. The standard InChI is InChI=1S/C20H23N3O4/c24-19(13-22-20(25)26-15-16-5-2-1-3-6-16)23-12-4-7-18(14-23)27-17-8-10-21-11-9-17/h1-3,5-6,8-11,18H,4,7,12-15H2,(H,22,25). The van der Waals surface area contributed by atoms with Crippen LogP contribution in [0.2, 0.25) is 0 Å². The number of nitrogens with zero attached hydrogens (tertiary/aromatic N) is 2. The maximum absolute atomic E-state index is 12.4. The van der Waals surface area contributed by atoms with E-state index in [1.54, 1.807) is 29.4 Å². The second-order valence-corrected chi connectivity index (χ2v) is 6.32. The summed E-state index contributed by atoms with van der Waals surface area (Å²) in [7, 11) is 0. The Kier molecular flexibility index (Phi) is 6.62. The Labute approximate surface area is 158 Å². The van der Waals surface area contributed by atoms with E-state index in [0.717, 1.165) is 24.2 Å². The third kappa shape index (κ3) is 5.99. The molecular formula is C20H23N3O4. The molecule has 1 aromatic carbocycles. The van der Waals surface area contributed by atoms with Crippen molar-refractivity contribution in [3.63, 3.8) is 0 Å². The van der Waals surface area contributed by atoms with Gasteiger partial charge in [0, 0.05) is 18.9 Å². The molecule has 27 heavy (non-hydrogen) atoms. The molecule has 1 aliphatic rings. The molecule has 1 saturated heterocycles. The van der Waals surface area contributed by atoms with Crippen molar-refractivity contribution in [1.82, 2.24) is 15.2 Å². The van der Waals surface area contributed by atoms with Crippen molar-refractivity contribution < 1.29 is 19.1 Å². The van der Waals surface area contributed by atoms with E-state index in [4.69, 9.17) is 9.47 Å². The van der Waals surface area contributed by atoms with Gasteiger partial charge in [0.05, 0.1) is 6.54 Å². The van der Waals surface area contributed by atoms with Crippen LogP contribution in [0, 0.1) is 0 Å². The van der Waals surface area contributed by atoms with Crippen LogP contribution in [-0.2, 0) is 16.1 Å². The van der Waals surface area contributed by atoms with Crippen molar-refractivity contribution in [3.05, 3.63) is 60.4 Å². The lowest BCUT2D eigenvalue weighted by atomic mass is 10.1. The fraction of sp³-hybridized carbons (Fsp3) is 0.350. The molecule has 2 aromatic rings. The van der Waals surface area contributed by atoms with E-state index in [0.29, 0.717) is 13.1 Å². The summed E-state index contributed by atoms with van der Waals surface area (Å²) in [6.45, 7) is 1.25. The highest BCUT2D eigenvalue weighted by Gasteiger charge is 2.25. The number of piperidine rings is 1. The fourth-order valence-corrected chi connectivity index (χ4v) is 2.90. The monoisotopic (exact) mass is 369 g/mol. The Morgan fingerprint density at radius 2 is 1.93 bits per heavy atom. The molecule has 1 atom stereocenters. The Bertz CT molecular complexity index is 739. The zero-order valence-corrected chi connectivity index (χ0v) is 15.0. The molecule has 7 heteroatoms. The van der Waals surface area contributed by atoms with E-state index in [-0.39, 0.29) is 25.2 Å². The molecule has 2 amide bonds. The summed E-state index contributed by atoms with van der Waals surface area (Å²) in [5.74, 6) is 0.599. The van der Waals surface area contributed by atoms with E-state index in [9.17, 15) is 9.59 Å². The Balaban J connectivity index is 1.40. The first-order valence-electron chi connectivity index (χ1n) is 9.00. The first kappa shape index (κ1) is 18.7. The van der Waals surface area contributed by atoms with E-state index in [1.165, 1.54) is 0 Å². The molecule has 0 radical (unpaired) electrons. The number of nitrogens with one attached hydrogen (secondary N) is 1. The summed E-state index contributed by atoms with van der Waals surface area (Å²) < 4.78 is 11.0. The quantitative estimate of drug-likeness (QED) is 0.846. The maximum atomic E-state index is 12.4. The number of rotatable bonds is 6. The van der Waals surface area contributed by atoms with Gasteiger partial charge in [-0.1, -0.05) is 30.3 Å². The molecular weight excluding hydrogens is 346 g/mol. The second-order valence-electron chi connectivity index (χ2n) is 6.32. The van der Waals surface area contributed by atoms with Gasteiger partial charge in [-0.25, -0.2) is 4.79 Å². The van der Waals surface area contributed by atoms with Gasteiger partial charge in [-0.3, -0.25) is 9.78 Å². The van der Waals surface area contributed by atoms with Crippen LogP contribution in [-0.4, -0.2) is 47.6 Å². The Morgan fingerprint density at radius 1 is 1.15 bits per heavy atom. The third-order valence-electron chi connectivity index (χ3n) is 4.28. The predicted molar refractivity (Wildman–Crippen MR) is 99.1 cm³/mol. The Morgan fingerprint density at radius 3 is 2.70 bits per heavy atom. The SMILES string of the molecule is O=C(NCC(=O)N1CCCC(Oc2ccncc2)C1)OCc1ccccc1. The summed E-state index contributed by atoms with van der Waals surface area (Å²) in [6.07, 6.45) is 4.43. The van der Waals surface area contributed by atoms with Crippen LogP contribution in [0.1, 0.15) is 18.4 Å². The molecule has 1 aromatic heterocycles. The lowest BCUT2D eigenvalue weighted by Gasteiger charge is -2.33. The molecule has 1 unspecified atom stereocenters. The molecule has 1 aliphatic heterocycles. The summed E-state index contributed by atoms with van der Waals surface area (Å²) in [5, 5.41) is 2.51. The lowest BCUT2D eigenvalue weighted by Crippen LogP contribution is -2.48. The van der Waals surface area contributed by atoms with Crippen molar-refractivity contribution in [3.8, 4) is 5.75 Å². The van der Waals surface area contributed by atoms with Gasteiger partial charge in [0.2, 0.25) is 5.91 Å². The van der Waals surface area contributed by atoms with Gasteiger partial charge in [0.15, 0.2) is 0 Å². The molecule has 1 N–H and O–H groups in total. The number of benzene rings is 1. The minimum Gasteiger partial charge on any atom is -0.488 e. The third-order valence-corrected chi connectivity index (χ3v) is 4.28. The summed E-state index contributed by atoms with van der Waals surface area (Å²) in [6, 6.07) is 13.0. The molecule has 2 heterocycles. The number of ether oxygens (including phenoxy) is 2. The topological polar surface area (TPSA) is 80.8 Å². The van der Waals surface area contributed by atoms with Crippen LogP contribution in [0.5, 0.6) is 5.75 Å². The summed E-state index contributed by atoms with van der Waals surface area (Å²) in [5.41, 5.74) is 0.895. The normalized spacial score (nSPS) is 16.4.